The summed E-state index contributed by atoms with van der Waals surface area (Å²) in [6.07, 6.45) is 1.53. The van der Waals surface area contributed by atoms with Gasteiger partial charge < -0.3 is 20.1 Å². The summed E-state index contributed by atoms with van der Waals surface area (Å²) in [6, 6.07) is 3.95. The highest BCUT2D eigenvalue weighted by molar-refractivity contribution is 14.0. The second-order valence-corrected chi connectivity index (χ2v) is 5.74. The monoisotopic (exact) mass is 508 g/mol. The number of fused-ring (bicyclic) bond motifs is 1. The van der Waals surface area contributed by atoms with Gasteiger partial charge >= 0.3 is 0 Å². The van der Waals surface area contributed by atoms with Crippen LogP contribution in [0.3, 0.4) is 0 Å². The second kappa shape index (κ2) is 8.51. The molecule has 2 heterocycles. The molecule has 10 heteroatoms. The zero-order chi connectivity index (χ0) is 16.2. The van der Waals surface area contributed by atoms with Gasteiger partial charge in [-0.15, -0.1) is 24.0 Å². The standard InChI is InChI=1S/C14H17BrN6O2.HI/c1-16-14(18-6-12-19-7-20-21(12)2)17-5-9-3-10(15)13-11(4-9)22-8-23-13;/h3-4,7H,5-6,8H2,1-2H3,(H2,16,17,18);1H. The molecule has 2 N–H and O–H groups in total. The van der Waals surface area contributed by atoms with Crippen molar-refractivity contribution in [3.8, 4) is 11.5 Å². The first-order chi connectivity index (χ1) is 11.2. The van der Waals surface area contributed by atoms with E-state index < -0.39 is 0 Å². The van der Waals surface area contributed by atoms with E-state index in [1.54, 1.807) is 11.7 Å². The number of hydrogen-bond acceptors (Lipinski definition) is 5. The van der Waals surface area contributed by atoms with Crippen LogP contribution < -0.4 is 20.1 Å². The van der Waals surface area contributed by atoms with Crippen LogP contribution >= 0.6 is 39.9 Å². The fraction of sp³-hybridized carbons (Fsp3) is 0.357. The van der Waals surface area contributed by atoms with Crippen LogP contribution in [0.5, 0.6) is 11.5 Å². The summed E-state index contributed by atoms with van der Waals surface area (Å²) in [5.41, 5.74) is 1.06. The molecule has 1 aliphatic rings. The van der Waals surface area contributed by atoms with Crippen LogP contribution in [0.25, 0.3) is 0 Å². The van der Waals surface area contributed by atoms with Crippen LogP contribution in [-0.4, -0.2) is 34.6 Å². The van der Waals surface area contributed by atoms with E-state index in [1.165, 1.54) is 6.33 Å². The van der Waals surface area contributed by atoms with Gasteiger partial charge in [0.1, 0.15) is 12.2 Å². The maximum absolute atomic E-state index is 5.42. The summed E-state index contributed by atoms with van der Waals surface area (Å²) in [5, 5.41) is 10.5. The van der Waals surface area contributed by atoms with E-state index in [2.05, 4.69) is 41.6 Å². The predicted octanol–water partition coefficient (Wildman–Crippen LogP) is 1.79. The molecule has 8 nitrogen and oxygen atoms in total. The predicted molar refractivity (Wildman–Crippen MR) is 104 cm³/mol. The molecule has 0 aliphatic carbocycles. The van der Waals surface area contributed by atoms with Crippen LogP contribution in [0.2, 0.25) is 0 Å². The average molecular weight is 509 g/mol. The molecule has 0 amide bonds. The summed E-state index contributed by atoms with van der Waals surface area (Å²) < 4.78 is 13.4. The van der Waals surface area contributed by atoms with Gasteiger partial charge in [-0.2, -0.15) is 5.10 Å². The molecule has 0 atom stereocenters. The number of nitrogens with zero attached hydrogens (tertiary/aromatic N) is 4. The first-order valence-electron chi connectivity index (χ1n) is 7.03. The normalized spacial score (nSPS) is 12.7. The largest absolute Gasteiger partial charge is 0.454 e. The molecule has 1 aliphatic heterocycles. The van der Waals surface area contributed by atoms with Gasteiger partial charge in [0.25, 0.3) is 0 Å². The molecule has 1 aromatic heterocycles. The van der Waals surface area contributed by atoms with Crippen LogP contribution in [0.4, 0.5) is 0 Å². The average Bonchev–Trinajstić information content (AvgIpc) is 3.17. The summed E-state index contributed by atoms with van der Waals surface area (Å²) in [7, 11) is 3.58. The number of hydrogen-bond donors (Lipinski definition) is 2. The molecule has 0 fully saturated rings. The number of ether oxygens (including phenoxy) is 2. The van der Waals surface area contributed by atoms with E-state index in [9.17, 15) is 0 Å². The van der Waals surface area contributed by atoms with Gasteiger partial charge in [0.2, 0.25) is 6.79 Å². The third-order valence-corrected chi connectivity index (χ3v) is 3.98. The van der Waals surface area contributed by atoms with Crippen molar-refractivity contribution in [2.24, 2.45) is 12.0 Å². The van der Waals surface area contributed by atoms with Crippen molar-refractivity contribution >= 4 is 45.9 Å². The lowest BCUT2D eigenvalue weighted by Crippen LogP contribution is -2.36. The van der Waals surface area contributed by atoms with Gasteiger partial charge in [0.15, 0.2) is 17.5 Å². The van der Waals surface area contributed by atoms with E-state index in [4.69, 9.17) is 9.47 Å². The van der Waals surface area contributed by atoms with Gasteiger partial charge in [-0.05, 0) is 33.6 Å². The van der Waals surface area contributed by atoms with Crippen LogP contribution in [0.15, 0.2) is 27.9 Å². The van der Waals surface area contributed by atoms with Gasteiger partial charge in [0.05, 0.1) is 11.0 Å². The molecule has 0 radical (unpaired) electrons. The maximum atomic E-state index is 5.42. The Kier molecular flexibility index (Phi) is 6.66. The third kappa shape index (κ3) is 4.29. The van der Waals surface area contributed by atoms with E-state index in [0.717, 1.165) is 27.4 Å². The lowest BCUT2D eigenvalue weighted by atomic mass is 10.2. The highest BCUT2D eigenvalue weighted by Crippen LogP contribution is 2.39. The van der Waals surface area contributed by atoms with Gasteiger partial charge in [-0.1, -0.05) is 0 Å². The Morgan fingerprint density at radius 1 is 1.33 bits per heavy atom. The molecule has 0 spiro atoms. The number of aryl methyl sites for hydroxylation is 1. The van der Waals surface area contributed by atoms with Crippen molar-refractivity contribution in [1.29, 1.82) is 0 Å². The number of rotatable bonds is 4. The fourth-order valence-corrected chi connectivity index (χ4v) is 2.78. The van der Waals surface area contributed by atoms with Gasteiger partial charge in [-0.25, -0.2) is 4.98 Å². The Morgan fingerprint density at radius 2 is 2.12 bits per heavy atom. The minimum Gasteiger partial charge on any atom is -0.454 e. The third-order valence-electron chi connectivity index (χ3n) is 3.39. The van der Waals surface area contributed by atoms with E-state index in [-0.39, 0.29) is 30.8 Å². The van der Waals surface area contributed by atoms with Crippen molar-refractivity contribution in [2.75, 3.05) is 13.8 Å². The van der Waals surface area contributed by atoms with Crippen molar-refractivity contribution in [3.05, 3.63) is 34.3 Å². The lowest BCUT2D eigenvalue weighted by molar-refractivity contribution is 0.173. The summed E-state index contributed by atoms with van der Waals surface area (Å²) in [5.74, 6) is 3.01. The number of benzene rings is 1. The Balaban J connectivity index is 0.00000208. The molecule has 24 heavy (non-hydrogen) atoms. The van der Waals surface area contributed by atoms with Crippen LogP contribution in [0, 0.1) is 0 Å². The number of nitrogens with one attached hydrogen (secondary N) is 2. The van der Waals surface area contributed by atoms with Crippen LogP contribution in [-0.2, 0) is 20.1 Å². The summed E-state index contributed by atoms with van der Waals surface area (Å²) in [4.78, 5) is 8.36. The fourth-order valence-electron chi connectivity index (χ4n) is 2.17. The minimum atomic E-state index is 0. The van der Waals surface area contributed by atoms with Crippen molar-refractivity contribution in [3.63, 3.8) is 0 Å². The number of aromatic nitrogens is 3. The Hall–Kier alpha value is -1.56. The molecular weight excluding hydrogens is 491 g/mol. The highest BCUT2D eigenvalue weighted by Gasteiger charge is 2.17. The Labute approximate surface area is 165 Å². The summed E-state index contributed by atoms with van der Waals surface area (Å²) >= 11 is 3.49. The Morgan fingerprint density at radius 3 is 2.83 bits per heavy atom. The molecule has 0 saturated carbocycles. The molecule has 3 rings (SSSR count). The lowest BCUT2D eigenvalue weighted by Gasteiger charge is -2.12. The zero-order valence-electron chi connectivity index (χ0n) is 13.2. The highest BCUT2D eigenvalue weighted by atomic mass is 127. The molecule has 0 unspecified atom stereocenters. The smallest absolute Gasteiger partial charge is 0.231 e. The van der Waals surface area contributed by atoms with Gasteiger partial charge in [-0.3, -0.25) is 9.67 Å². The van der Waals surface area contributed by atoms with Crippen molar-refractivity contribution in [1.82, 2.24) is 25.4 Å². The summed E-state index contributed by atoms with van der Waals surface area (Å²) in [6.45, 7) is 1.40. The molecule has 1 aromatic carbocycles. The van der Waals surface area contributed by atoms with Crippen molar-refractivity contribution in [2.45, 2.75) is 13.1 Å². The number of aliphatic imine (C=N–C) groups is 1. The Bertz CT molecular complexity index is 736. The van der Waals surface area contributed by atoms with Crippen molar-refractivity contribution < 1.29 is 9.47 Å². The number of guanidine groups is 1. The SMILES string of the molecule is CN=C(NCc1cc(Br)c2c(c1)OCO2)NCc1ncnn1C.I. The molecule has 2 aromatic rings. The molecular formula is C14H18BrIN6O2. The quantitative estimate of drug-likeness (QED) is 0.372. The minimum absolute atomic E-state index is 0. The first-order valence-corrected chi connectivity index (χ1v) is 7.82. The van der Waals surface area contributed by atoms with Gasteiger partial charge in [0, 0.05) is 20.6 Å². The molecule has 130 valence electrons. The van der Waals surface area contributed by atoms with E-state index in [1.807, 2.05) is 19.2 Å². The van der Waals surface area contributed by atoms with E-state index in [0.29, 0.717) is 19.0 Å². The molecule has 0 saturated heterocycles. The van der Waals surface area contributed by atoms with E-state index >= 15 is 0 Å². The topological polar surface area (TPSA) is 85.6 Å². The second-order valence-electron chi connectivity index (χ2n) is 4.89. The zero-order valence-corrected chi connectivity index (χ0v) is 17.2. The first kappa shape index (κ1) is 18.8. The maximum Gasteiger partial charge on any atom is 0.231 e. The molecule has 0 bridgehead atoms. The number of halogens is 2. The van der Waals surface area contributed by atoms with Crippen LogP contribution in [0.1, 0.15) is 11.4 Å².